The largest absolute Gasteiger partial charge is 0.208 e. The van der Waals surface area contributed by atoms with E-state index in [1.165, 1.54) is 44.5 Å². The molecular formula is C51H41N3. The molecule has 260 valence electrons. The summed E-state index contributed by atoms with van der Waals surface area (Å²) in [6, 6.07) is 53.9. The Morgan fingerprint density at radius 3 is 1.59 bits per heavy atom. The first-order valence-electron chi connectivity index (χ1n) is 19.0. The van der Waals surface area contributed by atoms with Crippen LogP contribution < -0.4 is 0 Å². The Morgan fingerprint density at radius 2 is 0.944 bits per heavy atom. The first kappa shape index (κ1) is 32.5. The highest BCUT2D eigenvalue weighted by atomic mass is 15.0. The lowest BCUT2D eigenvalue weighted by Crippen LogP contribution is -2.27. The highest BCUT2D eigenvalue weighted by Crippen LogP contribution is 2.60. The van der Waals surface area contributed by atoms with Crippen LogP contribution in [0.4, 0.5) is 0 Å². The zero-order chi connectivity index (χ0) is 36.6. The van der Waals surface area contributed by atoms with E-state index >= 15 is 0 Å². The number of aromatic nitrogens is 3. The lowest BCUT2D eigenvalue weighted by atomic mass is 9.70. The molecule has 0 aliphatic heterocycles. The molecule has 6 aromatic carbocycles. The molecule has 0 spiro atoms. The summed E-state index contributed by atoms with van der Waals surface area (Å²) in [5.41, 5.74) is 16.4. The van der Waals surface area contributed by atoms with Crippen molar-refractivity contribution in [1.29, 1.82) is 0 Å². The Bertz CT molecular complexity index is 2590. The average Bonchev–Trinajstić information content (AvgIpc) is 3.59. The monoisotopic (exact) mass is 695 g/mol. The minimum absolute atomic E-state index is 0.0695. The highest BCUT2D eigenvalue weighted by Gasteiger charge is 2.49. The van der Waals surface area contributed by atoms with Gasteiger partial charge in [0.25, 0.3) is 0 Å². The Balaban J connectivity index is 0.968. The van der Waals surface area contributed by atoms with Crippen LogP contribution in [0, 0.1) is 5.92 Å². The minimum atomic E-state index is -0.0695. The zero-order valence-electron chi connectivity index (χ0n) is 31.1. The van der Waals surface area contributed by atoms with Gasteiger partial charge in [0, 0.05) is 28.0 Å². The molecular weight excluding hydrogens is 655 g/mol. The van der Waals surface area contributed by atoms with E-state index in [0.29, 0.717) is 29.3 Å². The van der Waals surface area contributed by atoms with Gasteiger partial charge >= 0.3 is 0 Å². The van der Waals surface area contributed by atoms with E-state index < -0.39 is 0 Å². The van der Waals surface area contributed by atoms with Gasteiger partial charge in [-0.05, 0) is 79.1 Å². The van der Waals surface area contributed by atoms with Crippen LogP contribution in [0.3, 0.4) is 0 Å². The summed E-state index contributed by atoms with van der Waals surface area (Å²) in [5, 5.41) is 0. The Kier molecular flexibility index (Phi) is 7.32. The second kappa shape index (κ2) is 12.2. The highest BCUT2D eigenvalue weighted by molar-refractivity contribution is 5.92. The summed E-state index contributed by atoms with van der Waals surface area (Å²) in [4.78, 5) is 14.8. The molecule has 3 heteroatoms. The summed E-state index contributed by atoms with van der Waals surface area (Å²) < 4.78 is 0. The van der Waals surface area contributed by atoms with Gasteiger partial charge in [0.15, 0.2) is 17.5 Å². The number of rotatable bonds is 5. The van der Waals surface area contributed by atoms with Crippen molar-refractivity contribution in [3.8, 4) is 56.4 Å². The smallest absolute Gasteiger partial charge is 0.164 e. The number of fused-ring (bicyclic) bond motifs is 6. The fourth-order valence-corrected chi connectivity index (χ4v) is 9.27. The summed E-state index contributed by atoms with van der Waals surface area (Å²) in [6.45, 7) is 9.66. The van der Waals surface area contributed by atoms with E-state index in [0.717, 1.165) is 27.8 Å². The van der Waals surface area contributed by atoms with Crippen LogP contribution in [0.5, 0.6) is 0 Å². The number of allylic oxidation sites excluding steroid dienone is 4. The minimum Gasteiger partial charge on any atom is -0.208 e. The van der Waals surface area contributed by atoms with E-state index in [1.807, 2.05) is 60.7 Å². The summed E-state index contributed by atoms with van der Waals surface area (Å²) in [7, 11) is 0. The average molecular weight is 696 g/mol. The van der Waals surface area contributed by atoms with Gasteiger partial charge < -0.3 is 0 Å². The first-order valence-corrected chi connectivity index (χ1v) is 19.0. The van der Waals surface area contributed by atoms with Gasteiger partial charge in [0.1, 0.15) is 0 Å². The van der Waals surface area contributed by atoms with Gasteiger partial charge in [-0.2, -0.15) is 0 Å². The van der Waals surface area contributed by atoms with Crippen molar-refractivity contribution in [1.82, 2.24) is 15.0 Å². The Labute approximate surface area is 317 Å². The van der Waals surface area contributed by atoms with E-state index in [9.17, 15) is 0 Å². The molecule has 0 radical (unpaired) electrons. The van der Waals surface area contributed by atoms with Gasteiger partial charge in [-0.25, -0.2) is 15.0 Å². The van der Waals surface area contributed by atoms with E-state index in [2.05, 4.69) is 131 Å². The number of nitrogens with zero attached hydrogens (tertiary/aromatic N) is 3. The van der Waals surface area contributed by atoms with Crippen molar-refractivity contribution >= 4 is 5.57 Å². The number of hydrogen-bond donors (Lipinski definition) is 0. The maximum Gasteiger partial charge on any atom is 0.164 e. The van der Waals surface area contributed by atoms with Gasteiger partial charge in [0.2, 0.25) is 0 Å². The SMILES string of the molecule is CC1(C)C2=CC3c4ccccc4C(C)(C)C3C=C2c2ccc(-c3ccc(-c4cccc(-c5nc(-c6ccccc6)nc(-c6ccccc6)n5)c4)cc3)cc21. The molecule has 1 heterocycles. The van der Waals surface area contributed by atoms with Crippen LogP contribution in [0.25, 0.3) is 62.0 Å². The van der Waals surface area contributed by atoms with Gasteiger partial charge in [-0.15, -0.1) is 0 Å². The molecule has 2 atom stereocenters. The normalized spacial score (nSPS) is 18.5. The molecule has 0 saturated heterocycles. The molecule has 0 fully saturated rings. The van der Waals surface area contributed by atoms with Crippen LogP contribution in [-0.2, 0) is 10.8 Å². The van der Waals surface area contributed by atoms with Crippen molar-refractivity contribution < 1.29 is 0 Å². The van der Waals surface area contributed by atoms with E-state index in [4.69, 9.17) is 15.0 Å². The molecule has 3 nitrogen and oxygen atoms in total. The van der Waals surface area contributed by atoms with Crippen molar-refractivity contribution in [3.05, 3.63) is 192 Å². The lowest BCUT2D eigenvalue weighted by Gasteiger charge is -2.33. The molecule has 10 rings (SSSR count). The van der Waals surface area contributed by atoms with Crippen LogP contribution in [0.2, 0.25) is 0 Å². The number of benzene rings is 6. The molecule has 0 N–H and O–H groups in total. The second-order valence-corrected chi connectivity index (χ2v) is 16.1. The Morgan fingerprint density at radius 1 is 0.426 bits per heavy atom. The van der Waals surface area contributed by atoms with Crippen molar-refractivity contribution in [2.75, 3.05) is 0 Å². The molecule has 7 aromatic rings. The molecule has 2 unspecified atom stereocenters. The summed E-state index contributed by atoms with van der Waals surface area (Å²) in [5.74, 6) is 2.87. The number of hydrogen-bond acceptors (Lipinski definition) is 3. The van der Waals surface area contributed by atoms with Gasteiger partial charge in [0.05, 0.1) is 0 Å². The molecule has 3 aliphatic carbocycles. The first-order chi connectivity index (χ1) is 26.3. The lowest BCUT2D eigenvalue weighted by molar-refractivity contribution is 0.393. The van der Waals surface area contributed by atoms with Crippen molar-refractivity contribution in [2.45, 2.75) is 44.4 Å². The zero-order valence-corrected chi connectivity index (χ0v) is 31.1. The van der Waals surface area contributed by atoms with Crippen molar-refractivity contribution in [3.63, 3.8) is 0 Å². The van der Waals surface area contributed by atoms with Crippen LogP contribution in [0.1, 0.15) is 55.9 Å². The molecule has 1 aromatic heterocycles. The van der Waals surface area contributed by atoms with Crippen LogP contribution >= 0.6 is 0 Å². The maximum atomic E-state index is 4.96. The molecule has 3 aliphatic rings. The third kappa shape index (κ3) is 5.14. The topological polar surface area (TPSA) is 38.7 Å². The maximum absolute atomic E-state index is 4.96. The predicted molar refractivity (Wildman–Crippen MR) is 222 cm³/mol. The standard InChI is InChI=1S/C51H41N3/c1-50(2)43-21-12-11-20-39(43)41-30-46-42(31-45(41)50)40-27-26-37(29-44(40)51(46,3)4)33-24-22-32(23-25-33)36-18-13-19-38(28-36)49-53-47(34-14-7-5-8-15-34)52-48(54-49)35-16-9-6-10-17-35/h5-31,41,45H,1-4H3. The molecule has 0 saturated carbocycles. The van der Waals surface area contributed by atoms with Gasteiger partial charge in [-0.1, -0.05) is 179 Å². The summed E-state index contributed by atoms with van der Waals surface area (Å²) >= 11 is 0. The fraction of sp³-hybridized carbons (Fsp3) is 0.157. The van der Waals surface area contributed by atoms with Crippen molar-refractivity contribution in [2.24, 2.45) is 5.92 Å². The van der Waals surface area contributed by atoms with E-state index in [1.54, 1.807) is 0 Å². The second-order valence-electron chi connectivity index (χ2n) is 16.1. The predicted octanol–water partition coefficient (Wildman–Crippen LogP) is 12.5. The molecule has 0 amide bonds. The van der Waals surface area contributed by atoms with Crippen LogP contribution in [-0.4, -0.2) is 15.0 Å². The quantitative estimate of drug-likeness (QED) is 0.180. The van der Waals surface area contributed by atoms with Gasteiger partial charge in [-0.3, -0.25) is 0 Å². The summed E-state index contributed by atoms with van der Waals surface area (Å²) in [6.07, 6.45) is 5.22. The van der Waals surface area contributed by atoms with Crippen LogP contribution in [0.15, 0.2) is 169 Å². The third-order valence-electron chi connectivity index (χ3n) is 12.2. The van der Waals surface area contributed by atoms with E-state index in [-0.39, 0.29) is 10.8 Å². The Hall–Kier alpha value is -6.19. The molecule has 54 heavy (non-hydrogen) atoms. The third-order valence-corrected chi connectivity index (χ3v) is 12.2. The fourth-order valence-electron chi connectivity index (χ4n) is 9.27. The molecule has 0 bridgehead atoms.